The van der Waals surface area contributed by atoms with Crippen LogP contribution < -0.4 is 4.72 Å². The summed E-state index contributed by atoms with van der Waals surface area (Å²) in [6.07, 6.45) is 3.25. The summed E-state index contributed by atoms with van der Waals surface area (Å²) in [6.45, 7) is 5.67. The number of nitrogens with one attached hydrogen (secondary N) is 1. The maximum absolute atomic E-state index is 12.6. The minimum absolute atomic E-state index is 0.0242. The van der Waals surface area contributed by atoms with Crippen molar-refractivity contribution >= 4 is 27.3 Å². The summed E-state index contributed by atoms with van der Waals surface area (Å²) in [6, 6.07) is 5.78. The average Bonchev–Trinajstić information content (AvgIpc) is 2.73. The molecule has 0 fully saturated rings. The Morgan fingerprint density at radius 3 is 2.52 bits per heavy atom. The summed E-state index contributed by atoms with van der Waals surface area (Å²) in [7, 11) is -2.16. The van der Waals surface area contributed by atoms with Crippen molar-refractivity contribution in [2.24, 2.45) is 7.05 Å². The van der Waals surface area contributed by atoms with Gasteiger partial charge in [0.2, 0.25) is 0 Å². The first-order valence-electron chi connectivity index (χ1n) is 7.57. The lowest BCUT2D eigenvalue weighted by Gasteiger charge is -2.12. The number of hydrogen-bond donors (Lipinski definition) is 1. The number of sulfonamides is 1. The highest BCUT2D eigenvalue weighted by atomic mass is 35.5. The highest BCUT2D eigenvalue weighted by Crippen LogP contribution is 2.27. The third-order valence-electron chi connectivity index (χ3n) is 3.72. The molecule has 0 aliphatic rings. The molecule has 23 heavy (non-hydrogen) atoms. The molecule has 0 amide bonds. The van der Waals surface area contributed by atoms with Gasteiger partial charge in [-0.3, -0.25) is 9.40 Å². The second-order valence-corrected chi connectivity index (χ2v) is 7.66. The highest BCUT2D eigenvalue weighted by Gasteiger charge is 2.25. The summed E-state index contributed by atoms with van der Waals surface area (Å²) in [5.74, 6) is 0. The van der Waals surface area contributed by atoms with Crippen LogP contribution in [-0.2, 0) is 23.5 Å². The van der Waals surface area contributed by atoms with Crippen LogP contribution in [0.2, 0.25) is 5.15 Å². The Hall–Kier alpha value is -1.53. The minimum Gasteiger partial charge on any atom is -0.279 e. The van der Waals surface area contributed by atoms with Crippen molar-refractivity contribution < 1.29 is 8.42 Å². The normalized spacial score (nSPS) is 11.7. The molecule has 1 N–H and O–H groups in total. The van der Waals surface area contributed by atoms with Crippen molar-refractivity contribution in [3.05, 3.63) is 40.2 Å². The van der Waals surface area contributed by atoms with Gasteiger partial charge >= 0.3 is 0 Å². The number of benzene rings is 1. The lowest BCUT2D eigenvalue weighted by Crippen LogP contribution is -2.15. The number of unbranched alkanes of at least 4 members (excludes halogenated alkanes) is 1. The second kappa shape index (κ2) is 6.93. The lowest BCUT2D eigenvalue weighted by molar-refractivity contribution is 0.600. The molecular weight excluding hydrogens is 334 g/mol. The van der Waals surface area contributed by atoms with Gasteiger partial charge in [0.05, 0.1) is 11.4 Å². The van der Waals surface area contributed by atoms with Crippen molar-refractivity contribution in [2.45, 2.75) is 44.9 Å². The largest absolute Gasteiger partial charge is 0.279 e. The summed E-state index contributed by atoms with van der Waals surface area (Å²) >= 11 is 6.07. The molecular formula is C16H22ClN3O2S. The predicted octanol–water partition coefficient (Wildman–Crippen LogP) is 3.83. The van der Waals surface area contributed by atoms with E-state index in [0.717, 1.165) is 24.8 Å². The molecule has 126 valence electrons. The van der Waals surface area contributed by atoms with E-state index in [-0.39, 0.29) is 10.0 Å². The molecule has 0 saturated carbocycles. The highest BCUT2D eigenvalue weighted by molar-refractivity contribution is 7.92. The lowest BCUT2D eigenvalue weighted by atomic mass is 10.1. The molecule has 0 aliphatic carbocycles. The Bertz CT molecular complexity index is 813. The molecule has 0 radical (unpaired) electrons. The zero-order chi connectivity index (χ0) is 17.2. The molecule has 0 saturated heterocycles. The van der Waals surface area contributed by atoms with Crippen LogP contribution >= 0.6 is 11.6 Å². The fourth-order valence-corrected chi connectivity index (χ4v) is 4.37. The number of aromatic nitrogens is 2. The van der Waals surface area contributed by atoms with E-state index in [4.69, 9.17) is 11.6 Å². The van der Waals surface area contributed by atoms with E-state index < -0.39 is 10.0 Å². The van der Waals surface area contributed by atoms with Gasteiger partial charge < -0.3 is 0 Å². The van der Waals surface area contributed by atoms with Crippen LogP contribution in [0, 0.1) is 13.8 Å². The Morgan fingerprint density at radius 1 is 1.30 bits per heavy atom. The molecule has 0 unspecified atom stereocenters. The maximum Gasteiger partial charge on any atom is 0.266 e. The summed E-state index contributed by atoms with van der Waals surface area (Å²) < 4.78 is 29.2. The molecule has 0 spiro atoms. The Labute approximate surface area is 142 Å². The molecule has 1 aromatic carbocycles. The Kier molecular flexibility index (Phi) is 5.37. The van der Waals surface area contributed by atoms with Crippen LogP contribution in [0.3, 0.4) is 0 Å². The predicted molar refractivity (Wildman–Crippen MR) is 93.6 cm³/mol. The molecule has 5 nitrogen and oxygen atoms in total. The standard InChI is InChI=1S/C16H22ClN3O2S/c1-5-6-7-13-8-9-14(11(2)10-13)19-23(21,22)15-12(3)18-20(4)16(15)17/h8-10,19H,5-7H2,1-4H3. The third-order valence-corrected chi connectivity index (χ3v) is 5.78. The van der Waals surface area contributed by atoms with E-state index in [1.54, 1.807) is 20.0 Å². The number of halogens is 1. The van der Waals surface area contributed by atoms with E-state index >= 15 is 0 Å². The molecule has 1 aromatic heterocycles. The van der Waals surface area contributed by atoms with E-state index in [1.807, 2.05) is 19.1 Å². The quantitative estimate of drug-likeness (QED) is 0.856. The Balaban J connectivity index is 2.31. The van der Waals surface area contributed by atoms with Crippen molar-refractivity contribution in [2.75, 3.05) is 4.72 Å². The number of anilines is 1. The van der Waals surface area contributed by atoms with Crippen LogP contribution in [-0.4, -0.2) is 18.2 Å². The molecule has 0 bridgehead atoms. The zero-order valence-corrected chi connectivity index (χ0v) is 15.4. The number of aryl methyl sites for hydroxylation is 4. The molecule has 2 rings (SSSR count). The SMILES string of the molecule is CCCCc1ccc(NS(=O)(=O)c2c(C)nn(C)c2Cl)c(C)c1. The molecule has 0 atom stereocenters. The third kappa shape index (κ3) is 3.87. The second-order valence-electron chi connectivity index (χ2n) is 5.69. The smallest absolute Gasteiger partial charge is 0.266 e. The van der Waals surface area contributed by atoms with Crippen LogP contribution in [0.15, 0.2) is 23.1 Å². The molecule has 7 heteroatoms. The van der Waals surface area contributed by atoms with E-state index in [9.17, 15) is 8.42 Å². The van der Waals surface area contributed by atoms with Gasteiger partial charge in [0.25, 0.3) is 10.0 Å². The van der Waals surface area contributed by atoms with Gasteiger partial charge in [-0.2, -0.15) is 5.10 Å². The van der Waals surface area contributed by atoms with Crippen LogP contribution in [0.5, 0.6) is 0 Å². The fourth-order valence-electron chi connectivity index (χ4n) is 2.49. The van der Waals surface area contributed by atoms with E-state index in [2.05, 4.69) is 16.7 Å². The van der Waals surface area contributed by atoms with Crippen molar-refractivity contribution in [1.82, 2.24) is 9.78 Å². The monoisotopic (exact) mass is 355 g/mol. The molecule has 2 aromatic rings. The van der Waals surface area contributed by atoms with Crippen molar-refractivity contribution in [1.29, 1.82) is 0 Å². The molecule has 1 heterocycles. The van der Waals surface area contributed by atoms with Crippen LogP contribution in [0.4, 0.5) is 5.69 Å². The first kappa shape index (κ1) is 17.8. The van der Waals surface area contributed by atoms with Crippen LogP contribution in [0.1, 0.15) is 36.6 Å². The van der Waals surface area contributed by atoms with Gasteiger partial charge in [-0.05, 0) is 43.9 Å². The summed E-state index contributed by atoms with van der Waals surface area (Å²) in [5, 5.41) is 4.16. The van der Waals surface area contributed by atoms with Gasteiger partial charge in [-0.25, -0.2) is 8.42 Å². The number of rotatable bonds is 6. The summed E-state index contributed by atoms with van der Waals surface area (Å²) in [4.78, 5) is 0.0242. The minimum atomic E-state index is -3.77. The molecule has 0 aliphatic heterocycles. The van der Waals surface area contributed by atoms with E-state index in [1.165, 1.54) is 10.2 Å². The number of nitrogens with zero attached hydrogens (tertiary/aromatic N) is 2. The van der Waals surface area contributed by atoms with Gasteiger partial charge in [0.15, 0.2) is 0 Å². The Morgan fingerprint density at radius 2 is 2.00 bits per heavy atom. The van der Waals surface area contributed by atoms with Crippen molar-refractivity contribution in [3.8, 4) is 0 Å². The first-order valence-corrected chi connectivity index (χ1v) is 9.43. The topological polar surface area (TPSA) is 64.0 Å². The zero-order valence-electron chi connectivity index (χ0n) is 13.9. The average molecular weight is 356 g/mol. The fraction of sp³-hybridized carbons (Fsp3) is 0.438. The van der Waals surface area contributed by atoms with Gasteiger partial charge in [0.1, 0.15) is 10.0 Å². The van der Waals surface area contributed by atoms with E-state index in [0.29, 0.717) is 11.4 Å². The first-order chi connectivity index (χ1) is 10.8. The maximum atomic E-state index is 12.6. The van der Waals surface area contributed by atoms with Crippen molar-refractivity contribution in [3.63, 3.8) is 0 Å². The van der Waals surface area contributed by atoms with Gasteiger partial charge in [0, 0.05) is 7.05 Å². The summed E-state index contributed by atoms with van der Waals surface area (Å²) in [5.41, 5.74) is 3.04. The van der Waals surface area contributed by atoms with Gasteiger partial charge in [-0.15, -0.1) is 0 Å². The van der Waals surface area contributed by atoms with Crippen LogP contribution in [0.25, 0.3) is 0 Å². The number of hydrogen-bond acceptors (Lipinski definition) is 3. The van der Waals surface area contributed by atoms with Gasteiger partial charge in [-0.1, -0.05) is 37.1 Å².